The molecule has 1 aromatic carbocycles. The quantitative estimate of drug-likeness (QED) is 0.415. The number of aryl methyl sites for hydroxylation is 1. The Morgan fingerprint density at radius 2 is 1.78 bits per heavy atom. The SMILES string of the molecule is Cl.O=c1[nH]c(-c2cccc(C(F)(F)F)n2)nc2ccc(OCCCc3ccncc3)cc12. The number of nitrogens with one attached hydrogen (secondary N) is 1. The van der Waals surface area contributed by atoms with E-state index in [1.807, 2.05) is 12.1 Å². The first-order chi connectivity index (χ1) is 14.9. The van der Waals surface area contributed by atoms with Gasteiger partial charge in [0.05, 0.1) is 17.5 Å². The number of pyridine rings is 2. The fraction of sp³-hybridized carbons (Fsp3) is 0.182. The number of H-pyrrole nitrogens is 1. The minimum Gasteiger partial charge on any atom is -0.494 e. The largest absolute Gasteiger partial charge is 0.494 e. The van der Waals surface area contributed by atoms with Crippen molar-refractivity contribution in [2.75, 3.05) is 6.61 Å². The van der Waals surface area contributed by atoms with Crippen molar-refractivity contribution in [3.63, 3.8) is 0 Å². The van der Waals surface area contributed by atoms with Crippen LogP contribution in [0, 0.1) is 0 Å². The van der Waals surface area contributed by atoms with Crippen LogP contribution >= 0.6 is 12.4 Å². The lowest BCUT2D eigenvalue weighted by Gasteiger charge is -2.09. The van der Waals surface area contributed by atoms with Crippen molar-refractivity contribution in [1.82, 2.24) is 19.9 Å². The number of rotatable bonds is 6. The molecule has 0 amide bonds. The molecule has 0 aliphatic heterocycles. The van der Waals surface area contributed by atoms with Gasteiger partial charge in [0.1, 0.15) is 17.1 Å². The van der Waals surface area contributed by atoms with Crippen LogP contribution in [0.3, 0.4) is 0 Å². The summed E-state index contributed by atoms with van der Waals surface area (Å²) < 4.78 is 44.5. The van der Waals surface area contributed by atoms with E-state index in [1.165, 1.54) is 12.1 Å². The number of ether oxygens (including phenoxy) is 1. The van der Waals surface area contributed by atoms with Crippen LogP contribution in [0.15, 0.2) is 65.7 Å². The maximum Gasteiger partial charge on any atom is 0.433 e. The molecule has 0 atom stereocenters. The molecule has 1 N–H and O–H groups in total. The molecule has 3 heterocycles. The average molecular weight is 463 g/mol. The van der Waals surface area contributed by atoms with Crippen LogP contribution in [-0.2, 0) is 12.6 Å². The van der Waals surface area contributed by atoms with E-state index in [1.54, 1.807) is 30.6 Å². The van der Waals surface area contributed by atoms with E-state index in [0.717, 1.165) is 24.5 Å². The van der Waals surface area contributed by atoms with Crippen LogP contribution in [0.2, 0.25) is 0 Å². The summed E-state index contributed by atoms with van der Waals surface area (Å²) in [6, 6.07) is 12.2. The van der Waals surface area contributed by atoms with E-state index < -0.39 is 17.4 Å². The van der Waals surface area contributed by atoms with Gasteiger partial charge in [0, 0.05) is 12.4 Å². The molecule has 0 radical (unpaired) electrons. The molecule has 0 spiro atoms. The summed E-state index contributed by atoms with van der Waals surface area (Å²) in [5.74, 6) is 0.481. The third-order valence-electron chi connectivity index (χ3n) is 4.59. The predicted octanol–water partition coefficient (Wildman–Crippen LogP) is 4.83. The zero-order valence-corrected chi connectivity index (χ0v) is 17.4. The number of benzene rings is 1. The van der Waals surface area contributed by atoms with Crippen LogP contribution in [0.1, 0.15) is 17.7 Å². The van der Waals surface area contributed by atoms with E-state index in [2.05, 4.69) is 19.9 Å². The van der Waals surface area contributed by atoms with Gasteiger partial charge in [-0.15, -0.1) is 12.4 Å². The molecule has 4 rings (SSSR count). The van der Waals surface area contributed by atoms with Gasteiger partial charge in [-0.2, -0.15) is 13.2 Å². The van der Waals surface area contributed by atoms with E-state index >= 15 is 0 Å². The van der Waals surface area contributed by atoms with Crippen LogP contribution in [-0.4, -0.2) is 26.5 Å². The summed E-state index contributed by atoms with van der Waals surface area (Å²) in [4.78, 5) is 26.8. The summed E-state index contributed by atoms with van der Waals surface area (Å²) in [6.07, 6.45) is 0.517. The summed E-state index contributed by atoms with van der Waals surface area (Å²) in [6.45, 7) is 0.464. The normalized spacial score (nSPS) is 11.2. The second kappa shape index (κ2) is 9.78. The molecule has 6 nitrogen and oxygen atoms in total. The molecular formula is C22H18ClF3N4O2. The van der Waals surface area contributed by atoms with E-state index in [4.69, 9.17) is 4.74 Å². The number of fused-ring (bicyclic) bond motifs is 1. The van der Waals surface area contributed by atoms with Crippen molar-refractivity contribution in [2.45, 2.75) is 19.0 Å². The van der Waals surface area contributed by atoms with Gasteiger partial charge >= 0.3 is 6.18 Å². The second-order valence-electron chi connectivity index (χ2n) is 6.81. The summed E-state index contributed by atoms with van der Waals surface area (Å²) in [7, 11) is 0. The third kappa shape index (κ3) is 5.42. The first-order valence-corrected chi connectivity index (χ1v) is 9.50. The lowest BCUT2D eigenvalue weighted by molar-refractivity contribution is -0.141. The van der Waals surface area contributed by atoms with Crippen molar-refractivity contribution >= 4 is 23.3 Å². The molecule has 0 aliphatic rings. The molecule has 0 fully saturated rings. The lowest BCUT2D eigenvalue weighted by Crippen LogP contribution is -2.12. The highest BCUT2D eigenvalue weighted by atomic mass is 35.5. The van der Waals surface area contributed by atoms with Gasteiger partial charge < -0.3 is 9.72 Å². The number of hydrogen-bond donors (Lipinski definition) is 1. The highest BCUT2D eigenvalue weighted by Crippen LogP contribution is 2.29. The molecule has 0 unspecified atom stereocenters. The van der Waals surface area contributed by atoms with Gasteiger partial charge in [0.2, 0.25) is 0 Å². The molecule has 0 saturated heterocycles. The Morgan fingerprint density at radius 1 is 1.00 bits per heavy atom. The van der Waals surface area contributed by atoms with Gasteiger partial charge in [0.15, 0.2) is 5.82 Å². The molecule has 4 aromatic rings. The fourth-order valence-electron chi connectivity index (χ4n) is 3.07. The molecule has 0 saturated carbocycles. The van der Waals surface area contributed by atoms with Crippen molar-refractivity contribution in [3.05, 3.63) is 82.5 Å². The fourth-order valence-corrected chi connectivity index (χ4v) is 3.07. The first-order valence-electron chi connectivity index (χ1n) is 9.50. The van der Waals surface area contributed by atoms with Crippen molar-refractivity contribution in [1.29, 1.82) is 0 Å². The van der Waals surface area contributed by atoms with Crippen LogP contribution < -0.4 is 10.3 Å². The molecule has 10 heteroatoms. The van der Waals surface area contributed by atoms with E-state index in [9.17, 15) is 18.0 Å². The summed E-state index contributed by atoms with van der Waals surface area (Å²) in [5, 5.41) is 0.280. The Balaban J connectivity index is 0.00000289. The van der Waals surface area contributed by atoms with Crippen LogP contribution in [0.4, 0.5) is 13.2 Å². The Kier molecular flexibility index (Phi) is 7.09. The van der Waals surface area contributed by atoms with Gasteiger partial charge in [-0.25, -0.2) is 9.97 Å². The zero-order valence-electron chi connectivity index (χ0n) is 16.6. The van der Waals surface area contributed by atoms with E-state index in [0.29, 0.717) is 17.9 Å². The standard InChI is InChI=1S/C22H17F3N4O2.ClH/c23-22(24,25)19-5-1-4-18(27-19)20-28-17-7-6-15(13-16(17)21(30)29-20)31-12-2-3-14-8-10-26-11-9-14;/h1,4-11,13H,2-3,12H2,(H,28,29,30);1H. The number of nitrogens with zero attached hydrogens (tertiary/aromatic N) is 3. The average Bonchev–Trinajstić information content (AvgIpc) is 2.77. The number of aromatic amines is 1. The minimum atomic E-state index is -4.59. The number of aromatic nitrogens is 4. The summed E-state index contributed by atoms with van der Waals surface area (Å²) >= 11 is 0. The zero-order chi connectivity index (χ0) is 21.8. The van der Waals surface area contributed by atoms with Gasteiger partial charge in [-0.05, 0) is 60.9 Å². The molecule has 166 valence electrons. The Bertz CT molecular complexity index is 1260. The van der Waals surface area contributed by atoms with Crippen molar-refractivity contribution in [3.8, 4) is 17.3 Å². The molecular weight excluding hydrogens is 445 g/mol. The highest BCUT2D eigenvalue weighted by molar-refractivity contribution is 5.85. The van der Waals surface area contributed by atoms with Gasteiger partial charge in [-0.3, -0.25) is 9.78 Å². The van der Waals surface area contributed by atoms with Crippen molar-refractivity contribution in [2.24, 2.45) is 0 Å². The predicted molar refractivity (Wildman–Crippen MR) is 116 cm³/mol. The highest BCUT2D eigenvalue weighted by Gasteiger charge is 2.32. The number of halogens is 4. The van der Waals surface area contributed by atoms with Gasteiger partial charge in [0.25, 0.3) is 5.56 Å². The maximum atomic E-state index is 12.9. The van der Waals surface area contributed by atoms with Gasteiger partial charge in [-0.1, -0.05) is 6.07 Å². The van der Waals surface area contributed by atoms with E-state index in [-0.39, 0.29) is 29.3 Å². The molecule has 0 aliphatic carbocycles. The topological polar surface area (TPSA) is 80.8 Å². The number of alkyl halides is 3. The lowest BCUT2D eigenvalue weighted by atomic mass is 10.1. The minimum absolute atomic E-state index is 0. The maximum absolute atomic E-state index is 12.9. The second-order valence-corrected chi connectivity index (χ2v) is 6.81. The molecule has 3 aromatic heterocycles. The Hall–Kier alpha value is -3.46. The summed E-state index contributed by atoms with van der Waals surface area (Å²) in [5.41, 5.74) is -0.106. The Labute approximate surface area is 186 Å². The van der Waals surface area contributed by atoms with Crippen molar-refractivity contribution < 1.29 is 17.9 Å². The molecule has 32 heavy (non-hydrogen) atoms. The van der Waals surface area contributed by atoms with Crippen LogP contribution in [0.5, 0.6) is 5.75 Å². The first kappa shape index (κ1) is 23.2. The monoisotopic (exact) mass is 462 g/mol. The third-order valence-corrected chi connectivity index (χ3v) is 4.59. The molecule has 0 bridgehead atoms. The Morgan fingerprint density at radius 3 is 2.53 bits per heavy atom. The van der Waals surface area contributed by atoms with Crippen LogP contribution in [0.25, 0.3) is 22.4 Å². The smallest absolute Gasteiger partial charge is 0.433 e. The number of hydrogen-bond acceptors (Lipinski definition) is 5.